The number of hydrogen-bond donors (Lipinski definition) is 2. The number of sulfonamides is 1. The highest BCUT2D eigenvalue weighted by atomic mass is 32.2. The van der Waals surface area contributed by atoms with Crippen LogP contribution in [-0.2, 0) is 30.0 Å². The average Bonchev–Trinajstić information content (AvgIpc) is 3.21. The van der Waals surface area contributed by atoms with Crippen molar-refractivity contribution in [3.05, 3.63) is 53.5 Å². The number of nitrogens with one attached hydrogen (secondary N) is 2. The number of rotatable bonds is 3. The SMILES string of the molecule is CNS(=O)(=O)c1cc(C(=O)N2CCc3[nH]c4ccccc4c3C2)n(C)c1. The lowest BCUT2D eigenvalue weighted by molar-refractivity contribution is 0.0725. The number of fused-ring (bicyclic) bond motifs is 3. The quantitative estimate of drug-likeness (QED) is 0.732. The van der Waals surface area contributed by atoms with Crippen LogP contribution in [-0.4, -0.2) is 42.4 Å². The first-order chi connectivity index (χ1) is 12.4. The zero-order valence-corrected chi connectivity index (χ0v) is 15.4. The van der Waals surface area contributed by atoms with Crippen molar-refractivity contribution in [3.63, 3.8) is 0 Å². The minimum Gasteiger partial charge on any atom is -0.358 e. The fraction of sp³-hybridized carbons (Fsp3) is 0.278. The number of H-pyrrole nitrogens is 1. The molecule has 0 unspecified atom stereocenters. The van der Waals surface area contributed by atoms with E-state index in [0.717, 1.165) is 22.9 Å². The van der Waals surface area contributed by atoms with Crippen LogP contribution in [0.15, 0.2) is 41.4 Å². The molecule has 3 aromatic rings. The van der Waals surface area contributed by atoms with Crippen LogP contribution in [0.2, 0.25) is 0 Å². The Kier molecular flexibility index (Phi) is 3.89. The lowest BCUT2D eigenvalue weighted by Gasteiger charge is -2.27. The lowest BCUT2D eigenvalue weighted by Crippen LogP contribution is -2.36. The van der Waals surface area contributed by atoms with Gasteiger partial charge in [-0.2, -0.15) is 0 Å². The van der Waals surface area contributed by atoms with Crippen LogP contribution in [0.4, 0.5) is 0 Å². The van der Waals surface area contributed by atoms with Gasteiger partial charge in [0.05, 0.1) is 0 Å². The standard InChI is InChI=1S/C18H20N4O3S/c1-19-26(24,25)12-9-17(21(2)10-12)18(23)22-8-7-16-14(11-22)13-5-3-4-6-15(13)20-16/h3-6,9-10,19-20H,7-8,11H2,1-2H3. The second-order valence-corrected chi connectivity index (χ2v) is 8.37. The van der Waals surface area contributed by atoms with Gasteiger partial charge in [-0.25, -0.2) is 13.1 Å². The van der Waals surface area contributed by atoms with E-state index in [4.69, 9.17) is 0 Å². The van der Waals surface area contributed by atoms with Gasteiger partial charge in [0.15, 0.2) is 0 Å². The van der Waals surface area contributed by atoms with Crippen LogP contribution in [0.1, 0.15) is 21.7 Å². The maximum absolute atomic E-state index is 13.0. The maximum atomic E-state index is 13.0. The first-order valence-corrected chi connectivity index (χ1v) is 9.86. The van der Waals surface area contributed by atoms with E-state index < -0.39 is 10.0 Å². The summed E-state index contributed by atoms with van der Waals surface area (Å²) in [7, 11) is -0.542. The molecular formula is C18H20N4O3S. The molecule has 0 atom stereocenters. The zero-order valence-electron chi connectivity index (χ0n) is 14.6. The van der Waals surface area contributed by atoms with Crippen LogP contribution in [0, 0.1) is 0 Å². The molecule has 2 N–H and O–H groups in total. The Labute approximate surface area is 151 Å². The number of aryl methyl sites for hydroxylation is 1. The van der Waals surface area contributed by atoms with Crippen molar-refractivity contribution >= 4 is 26.8 Å². The van der Waals surface area contributed by atoms with E-state index in [1.54, 1.807) is 16.5 Å². The molecule has 1 amide bonds. The van der Waals surface area contributed by atoms with Crippen LogP contribution in [0.3, 0.4) is 0 Å². The highest BCUT2D eigenvalue weighted by Crippen LogP contribution is 2.28. The van der Waals surface area contributed by atoms with Crippen molar-refractivity contribution in [1.29, 1.82) is 0 Å². The minimum atomic E-state index is -3.58. The third-order valence-corrected chi connectivity index (χ3v) is 6.33. The number of benzene rings is 1. The second kappa shape index (κ2) is 6.00. The number of nitrogens with zero attached hydrogens (tertiary/aromatic N) is 2. The van der Waals surface area contributed by atoms with Gasteiger partial charge < -0.3 is 14.5 Å². The molecule has 1 aromatic carbocycles. The van der Waals surface area contributed by atoms with E-state index in [9.17, 15) is 13.2 Å². The number of carbonyl (C=O) groups excluding carboxylic acids is 1. The van der Waals surface area contributed by atoms with E-state index >= 15 is 0 Å². The van der Waals surface area contributed by atoms with Crippen molar-refractivity contribution in [2.45, 2.75) is 17.9 Å². The molecule has 0 spiro atoms. The number of carbonyl (C=O) groups is 1. The van der Waals surface area contributed by atoms with Crippen molar-refractivity contribution in [2.24, 2.45) is 7.05 Å². The lowest BCUT2D eigenvalue weighted by atomic mass is 10.0. The maximum Gasteiger partial charge on any atom is 0.270 e. The molecule has 7 nitrogen and oxygen atoms in total. The Hall–Kier alpha value is -2.58. The van der Waals surface area contributed by atoms with Gasteiger partial charge in [0.25, 0.3) is 5.91 Å². The topological polar surface area (TPSA) is 87.2 Å². The van der Waals surface area contributed by atoms with Crippen LogP contribution in [0.25, 0.3) is 10.9 Å². The third-order valence-electron chi connectivity index (χ3n) is 4.95. The molecule has 0 radical (unpaired) electrons. The molecule has 0 fully saturated rings. The molecule has 0 bridgehead atoms. The molecule has 0 saturated heterocycles. The summed E-state index contributed by atoms with van der Waals surface area (Å²) in [5.41, 5.74) is 3.74. The molecule has 8 heteroatoms. The summed E-state index contributed by atoms with van der Waals surface area (Å²) in [5.74, 6) is -0.166. The number of para-hydroxylation sites is 1. The number of hydrogen-bond acceptors (Lipinski definition) is 3. The largest absolute Gasteiger partial charge is 0.358 e. The fourth-order valence-electron chi connectivity index (χ4n) is 3.51. The first kappa shape index (κ1) is 16.9. The van der Waals surface area contributed by atoms with Gasteiger partial charge in [0.1, 0.15) is 10.6 Å². The smallest absolute Gasteiger partial charge is 0.270 e. The Morgan fingerprint density at radius 3 is 2.81 bits per heavy atom. The van der Waals surface area contributed by atoms with Crippen molar-refractivity contribution in [3.8, 4) is 0 Å². The van der Waals surface area contributed by atoms with Crippen molar-refractivity contribution < 1.29 is 13.2 Å². The van der Waals surface area contributed by atoms with Crippen molar-refractivity contribution in [1.82, 2.24) is 19.2 Å². The highest BCUT2D eigenvalue weighted by molar-refractivity contribution is 7.89. The molecule has 0 saturated carbocycles. The average molecular weight is 372 g/mol. The summed E-state index contributed by atoms with van der Waals surface area (Å²) < 4.78 is 27.8. The summed E-state index contributed by atoms with van der Waals surface area (Å²) in [6, 6.07) is 9.49. The minimum absolute atomic E-state index is 0.0932. The fourth-order valence-corrected chi connectivity index (χ4v) is 4.31. The predicted octanol–water partition coefficient (Wildman–Crippen LogP) is 1.61. The highest BCUT2D eigenvalue weighted by Gasteiger charge is 2.27. The normalized spacial score (nSPS) is 14.6. The Morgan fingerprint density at radius 2 is 2.04 bits per heavy atom. The Bertz CT molecular complexity index is 1110. The summed E-state index contributed by atoms with van der Waals surface area (Å²) >= 11 is 0. The van der Waals surface area contributed by atoms with E-state index in [1.165, 1.54) is 25.0 Å². The summed E-state index contributed by atoms with van der Waals surface area (Å²) in [4.78, 5) is 18.3. The molecule has 1 aliphatic rings. The van der Waals surface area contributed by atoms with Crippen molar-refractivity contribution in [2.75, 3.05) is 13.6 Å². The first-order valence-electron chi connectivity index (χ1n) is 8.38. The number of amides is 1. The van der Waals surface area contributed by atoms with Gasteiger partial charge in [-0.05, 0) is 19.2 Å². The summed E-state index contributed by atoms with van der Waals surface area (Å²) in [6.45, 7) is 1.11. The van der Waals surface area contributed by atoms with Gasteiger partial charge in [0.2, 0.25) is 10.0 Å². The predicted molar refractivity (Wildman–Crippen MR) is 98.4 cm³/mol. The summed E-state index contributed by atoms with van der Waals surface area (Å²) in [5, 5.41) is 1.13. The molecule has 0 aliphatic carbocycles. The van der Waals surface area contributed by atoms with E-state index in [1.807, 2.05) is 18.2 Å². The monoisotopic (exact) mass is 372 g/mol. The van der Waals surface area contributed by atoms with E-state index in [0.29, 0.717) is 18.8 Å². The molecule has 1 aliphatic heterocycles. The molecule has 26 heavy (non-hydrogen) atoms. The molecule has 136 valence electrons. The van der Waals surface area contributed by atoms with Gasteiger partial charge in [-0.15, -0.1) is 0 Å². The van der Waals surface area contributed by atoms with Gasteiger partial charge in [-0.1, -0.05) is 18.2 Å². The zero-order chi connectivity index (χ0) is 18.5. The Balaban J connectivity index is 1.66. The van der Waals surface area contributed by atoms with Gasteiger partial charge >= 0.3 is 0 Å². The molecule has 2 aromatic heterocycles. The summed E-state index contributed by atoms with van der Waals surface area (Å²) in [6.07, 6.45) is 2.21. The molecule has 3 heterocycles. The van der Waals surface area contributed by atoms with Crippen LogP contribution in [0.5, 0.6) is 0 Å². The van der Waals surface area contributed by atoms with E-state index in [2.05, 4.69) is 15.8 Å². The van der Waals surface area contributed by atoms with Crippen LogP contribution < -0.4 is 4.72 Å². The third kappa shape index (κ3) is 2.62. The second-order valence-electron chi connectivity index (χ2n) is 6.48. The number of aromatic amines is 1. The van der Waals surface area contributed by atoms with Gasteiger partial charge in [0, 0.05) is 54.9 Å². The Morgan fingerprint density at radius 1 is 1.27 bits per heavy atom. The van der Waals surface area contributed by atoms with E-state index in [-0.39, 0.29) is 10.8 Å². The van der Waals surface area contributed by atoms with Gasteiger partial charge in [-0.3, -0.25) is 4.79 Å². The molecular weight excluding hydrogens is 352 g/mol. The van der Waals surface area contributed by atoms with Crippen LogP contribution >= 0.6 is 0 Å². The number of aromatic nitrogens is 2. The molecule has 4 rings (SSSR count).